The van der Waals surface area contributed by atoms with Gasteiger partial charge in [-0.3, -0.25) is 9.78 Å². The lowest BCUT2D eigenvalue weighted by molar-refractivity contribution is -0.139. The predicted molar refractivity (Wildman–Crippen MR) is 117 cm³/mol. The monoisotopic (exact) mass is 437 g/mol. The number of nitrogens with zero attached hydrogens (tertiary/aromatic N) is 3. The third kappa shape index (κ3) is 5.16. The third-order valence-corrected chi connectivity index (χ3v) is 5.63. The number of amides is 1. The summed E-state index contributed by atoms with van der Waals surface area (Å²) in [7, 11) is 0. The summed E-state index contributed by atoms with van der Waals surface area (Å²) in [5.74, 6) is -0.529. The van der Waals surface area contributed by atoms with E-state index in [0.29, 0.717) is 55.1 Å². The number of benzene rings is 2. The van der Waals surface area contributed by atoms with Gasteiger partial charge in [0.25, 0.3) is 0 Å². The second-order valence-electron chi connectivity index (χ2n) is 7.95. The molecule has 4 rings (SSSR count). The van der Waals surface area contributed by atoms with Crippen LogP contribution >= 0.6 is 0 Å². The van der Waals surface area contributed by atoms with Gasteiger partial charge in [0, 0.05) is 18.5 Å². The first kappa shape index (κ1) is 22.0. The standard InChI is InChI=1S/C25H25F2N3O2/c1-17-13-18(9-10-20(17)26)5-4-8-25(31)30-11-12-32-24(16-30)23-15-28-14-22(29-23)19-6-2-3-7-21(19)27/h2-3,6-7,9-10,13-15,24H,4-5,8,11-12,16H2,1H3. The van der Waals surface area contributed by atoms with Gasteiger partial charge >= 0.3 is 0 Å². The molecule has 1 aliphatic rings. The Kier molecular flexibility index (Phi) is 6.85. The first-order valence-electron chi connectivity index (χ1n) is 10.7. The Bertz CT molecular complexity index is 1110. The molecule has 3 aromatic rings. The maximum atomic E-state index is 14.1. The summed E-state index contributed by atoms with van der Waals surface area (Å²) >= 11 is 0. The first-order valence-corrected chi connectivity index (χ1v) is 10.7. The van der Waals surface area contributed by atoms with Crippen molar-refractivity contribution >= 4 is 5.91 Å². The Morgan fingerprint density at radius 2 is 2.00 bits per heavy atom. The summed E-state index contributed by atoms with van der Waals surface area (Å²) in [6.07, 6.45) is 4.52. The van der Waals surface area contributed by atoms with E-state index in [2.05, 4.69) is 9.97 Å². The highest BCUT2D eigenvalue weighted by Gasteiger charge is 2.26. The van der Waals surface area contributed by atoms with Crippen LogP contribution in [0, 0.1) is 18.6 Å². The van der Waals surface area contributed by atoms with Gasteiger partial charge in [0.1, 0.15) is 17.7 Å². The quantitative estimate of drug-likeness (QED) is 0.563. The zero-order chi connectivity index (χ0) is 22.5. The number of halogens is 2. The van der Waals surface area contributed by atoms with Gasteiger partial charge in [-0.15, -0.1) is 0 Å². The highest BCUT2D eigenvalue weighted by molar-refractivity contribution is 5.76. The van der Waals surface area contributed by atoms with Gasteiger partial charge in [-0.25, -0.2) is 13.8 Å². The molecule has 2 heterocycles. The van der Waals surface area contributed by atoms with Crippen LogP contribution in [-0.4, -0.2) is 40.5 Å². The molecule has 0 saturated carbocycles. The smallest absolute Gasteiger partial charge is 0.222 e. The van der Waals surface area contributed by atoms with Crippen LogP contribution < -0.4 is 0 Å². The zero-order valence-corrected chi connectivity index (χ0v) is 17.9. The lowest BCUT2D eigenvalue weighted by Gasteiger charge is -2.32. The Morgan fingerprint density at radius 3 is 2.81 bits per heavy atom. The fourth-order valence-corrected chi connectivity index (χ4v) is 3.85. The lowest BCUT2D eigenvalue weighted by Crippen LogP contribution is -2.42. The molecule has 0 bridgehead atoms. The van der Waals surface area contributed by atoms with Gasteiger partial charge < -0.3 is 9.64 Å². The summed E-state index contributed by atoms with van der Waals surface area (Å²) in [6.45, 7) is 3.04. The number of carbonyl (C=O) groups excluding carboxylic acids is 1. The van der Waals surface area contributed by atoms with Crippen LogP contribution in [0.15, 0.2) is 54.9 Å². The van der Waals surface area contributed by atoms with Gasteiger partial charge in [0.15, 0.2) is 0 Å². The summed E-state index contributed by atoms with van der Waals surface area (Å²) in [5.41, 5.74) is 3.02. The SMILES string of the molecule is Cc1cc(CCCC(=O)N2CCOC(c3cncc(-c4ccccc4F)n3)C2)ccc1F. The van der Waals surface area contributed by atoms with E-state index in [1.807, 2.05) is 6.07 Å². The van der Waals surface area contributed by atoms with Crippen LogP contribution in [0.4, 0.5) is 8.78 Å². The average molecular weight is 437 g/mol. The summed E-state index contributed by atoms with van der Waals surface area (Å²) in [5, 5.41) is 0. The van der Waals surface area contributed by atoms with Crippen LogP contribution in [0.3, 0.4) is 0 Å². The molecule has 5 nitrogen and oxygen atoms in total. The summed E-state index contributed by atoms with van der Waals surface area (Å²) < 4.78 is 33.4. The molecule has 7 heteroatoms. The maximum Gasteiger partial charge on any atom is 0.222 e. The Labute approximate surface area is 186 Å². The van der Waals surface area contributed by atoms with Crippen molar-refractivity contribution in [1.82, 2.24) is 14.9 Å². The molecule has 1 unspecified atom stereocenters. The predicted octanol–water partition coefficient (Wildman–Crippen LogP) is 4.65. The van der Waals surface area contributed by atoms with Crippen molar-refractivity contribution in [3.63, 3.8) is 0 Å². The zero-order valence-electron chi connectivity index (χ0n) is 17.9. The number of aryl methyl sites for hydroxylation is 2. The van der Waals surface area contributed by atoms with Gasteiger partial charge in [0.2, 0.25) is 5.91 Å². The number of hydrogen-bond acceptors (Lipinski definition) is 4. The van der Waals surface area contributed by atoms with Crippen molar-refractivity contribution < 1.29 is 18.3 Å². The number of hydrogen-bond donors (Lipinski definition) is 0. The molecule has 1 aromatic heterocycles. The van der Waals surface area contributed by atoms with E-state index in [1.54, 1.807) is 42.3 Å². The van der Waals surface area contributed by atoms with Gasteiger partial charge in [-0.2, -0.15) is 0 Å². The van der Waals surface area contributed by atoms with Crippen molar-refractivity contribution in [1.29, 1.82) is 0 Å². The number of ether oxygens (including phenoxy) is 1. The van der Waals surface area contributed by atoms with Crippen molar-refractivity contribution in [2.75, 3.05) is 19.7 Å². The minimum atomic E-state index is -0.410. The molecule has 0 aliphatic carbocycles. The second-order valence-corrected chi connectivity index (χ2v) is 7.95. The van der Waals surface area contributed by atoms with E-state index < -0.39 is 6.10 Å². The molecule has 166 valence electrons. The first-order chi connectivity index (χ1) is 15.5. The topological polar surface area (TPSA) is 55.3 Å². The molecule has 1 saturated heterocycles. The minimum Gasteiger partial charge on any atom is -0.368 e. The Balaban J connectivity index is 1.37. The number of morpholine rings is 1. The summed E-state index contributed by atoms with van der Waals surface area (Å²) in [6, 6.07) is 11.5. The van der Waals surface area contributed by atoms with E-state index in [1.165, 1.54) is 18.3 Å². The van der Waals surface area contributed by atoms with Crippen LogP contribution in [0.5, 0.6) is 0 Å². The van der Waals surface area contributed by atoms with E-state index in [-0.39, 0.29) is 17.5 Å². The molecule has 2 aromatic carbocycles. The molecular formula is C25H25F2N3O2. The molecule has 0 N–H and O–H groups in total. The Hall–Kier alpha value is -3.19. The van der Waals surface area contributed by atoms with E-state index in [9.17, 15) is 13.6 Å². The van der Waals surface area contributed by atoms with Gasteiger partial charge in [-0.05, 0) is 49.1 Å². The van der Waals surface area contributed by atoms with Crippen molar-refractivity contribution in [2.45, 2.75) is 32.3 Å². The molecule has 32 heavy (non-hydrogen) atoms. The lowest BCUT2D eigenvalue weighted by atomic mass is 10.0. The molecule has 0 radical (unpaired) electrons. The van der Waals surface area contributed by atoms with Crippen molar-refractivity contribution in [2.24, 2.45) is 0 Å². The summed E-state index contributed by atoms with van der Waals surface area (Å²) in [4.78, 5) is 23.3. The average Bonchev–Trinajstić information content (AvgIpc) is 2.82. The van der Waals surface area contributed by atoms with Crippen LogP contribution in [-0.2, 0) is 16.0 Å². The van der Waals surface area contributed by atoms with Crippen molar-refractivity contribution in [3.8, 4) is 11.3 Å². The van der Waals surface area contributed by atoms with Crippen molar-refractivity contribution in [3.05, 3.63) is 83.3 Å². The third-order valence-electron chi connectivity index (χ3n) is 5.63. The molecule has 1 amide bonds. The van der Waals surface area contributed by atoms with E-state index in [0.717, 1.165) is 12.0 Å². The number of rotatable bonds is 6. The normalized spacial score (nSPS) is 16.2. The fourth-order valence-electron chi connectivity index (χ4n) is 3.85. The maximum absolute atomic E-state index is 14.1. The second kappa shape index (κ2) is 9.96. The van der Waals surface area contributed by atoms with Gasteiger partial charge in [-0.1, -0.05) is 24.3 Å². The molecule has 1 aliphatic heterocycles. The van der Waals surface area contributed by atoms with E-state index >= 15 is 0 Å². The molecule has 1 atom stereocenters. The number of carbonyl (C=O) groups is 1. The minimum absolute atomic E-state index is 0.0513. The molecular weight excluding hydrogens is 412 g/mol. The largest absolute Gasteiger partial charge is 0.368 e. The highest BCUT2D eigenvalue weighted by Crippen LogP contribution is 2.25. The molecule has 1 fully saturated rings. The van der Waals surface area contributed by atoms with E-state index in [4.69, 9.17) is 4.74 Å². The Morgan fingerprint density at radius 1 is 1.16 bits per heavy atom. The fraction of sp³-hybridized carbons (Fsp3) is 0.320. The van der Waals surface area contributed by atoms with Crippen LogP contribution in [0.1, 0.15) is 35.8 Å². The number of aromatic nitrogens is 2. The molecule has 0 spiro atoms. The van der Waals surface area contributed by atoms with Gasteiger partial charge in [0.05, 0.1) is 36.9 Å². The van der Waals surface area contributed by atoms with Crippen LogP contribution in [0.25, 0.3) is 11.3 Å². The van der Waals surface area contributed by atoms with Crippen LogP contribution in [0.2, 0.25) is 0 Å². The highest BCUT2D eigenvalue weighted by atomic mass is 19.1.